The summed E-state index contributed by atoms with van der Waals surface area (Å²) in [6.07, 6.45) is 1.64. The monoisotopic (exact) mass is 286 g/mol. The lowest BCUT2D eigenvalue weighted by Crippen LogP contribution is -2.29. The fraction of sp³-hybridized carbons (Fsp3) is 0.133. The number of carbonyl (C=O) groups excluding carboxylic acids is 1. The van der Waals surface area contributed by atoms with Gasteiger partial charge in [-0.25, -0.2) is 14.2 Å². The van der Waals surface area contributed by atoms with Crippen molar-refractivity contribution in [2.45, 2.75) is 6.42 Å². The number of halogens is 1. The smallest absolute Gasteiger partial charge is 0.335 e. The first-order valence-corrected chi connectivity index (χ1v) is 6.36. The minimum Gasteiger partial charge on any atom is -0.478 e. The van der Waals surface area contributed by atoms with Gasteiger partial charge in [-0.05, 0) is 36.2 Å². The number of fused-ring (bicyclic) bond motifs is 1. The lowest BCUT2D eigenvalue weighted by Gasteiger charge is -2.17. The lowest BCUT2D eigenvalue weighted by molar-refractivity contribution is 0.0696. The molecule has 0 spiro atoms. The van der Waals surface area contributed by atoms with E-state index in [1.807, 2.05) is 0 Å². The Morgan fingerprint density at radius 1 is 1.24 bits per heavy atom. The number of pyridine rings is 1. The maximum absolute atomic E-state index is 12.9. The summed E-state index contributed by atoms with van der Waals surface area (Å²) in [6, 6.07) is 7.20. The Morgan fingerprint density at radius 2 is 2.05 bits per heavy atom. The zero-order valence-corrected chi connectivity index (χ0v) is 10.9. The van der Waals surface area contributed by atoms with Crippen molar-refractivity contribution in [2.75, 3.05) is 11.4 Å². The molecular formula is C15H11FN2O3. The third-order valence-electron chi connectivity index (χ3n) is 3.42. The summed E-state index contributed by atoms with van der Waals surface area (Å²) < 4.78 is 12.9. The van der Waals surface area contributed by atoms with Crippen molar-refractivity contribution < 1.29 is 19.1 Å². The molecule has 0 saturated carbocycles. The van der Waals surface area contributed by atoms with E-state index in [9.17, 15) is 14.0 Å². The van der Waals surface area contributed by atoms with Crippen molar-refractivity contribution in [1.29, 1.82) is 0 Å². The molecule has 21 heavy (non-hydrogen) atoms. The van der Waals surface area contributed by atoms with Gasteiger partial charge in [0, 0.05) is 12.2 Å². The third kappa shape index (κ3) is 2.35. The predicted molar refractivity (Wildman–Crippen MR) is 73.0 cm³/mol. The van der Waals surface area contributed by atoms with Crippen LogP contribution in [0, 0.1) is 5.82 Å². The Labute approximate surface area is 119 Å². The lowest BCUT2D eigenvalue weighted by atomic mass is 10.1. The van der Waals surface area contributed by atoms with Crippen molar-refractivity contribution in [1.82, 2.24) is 4.98 Å². The highest BCUT2D eigenvalue weighted by atomic mass is 19.1. The van der Waals surface area contributed by atoms with E-state index in [1.165, 1.54) is 29.2 Å². The first kappa shape index (κ1) is 13.2. The van der Waals surface area contributed by atoms with E-state index < -0.39 is 11.8 Å². The van der Waals surface area contributed by atoms with Gasteiger partial charge in [-0.1, -0.05) is 6.07 Å². The quantitative estimate of drug-likeness (QED) is 0.918. The number of nitrogens with zero attached hydrogens (tertiary/aromatic N) is 2. The number of amides is 1. The Bertz CT molecular complexity index is 728. The first-order chi connectivity index (χ1) is 10.1. The largest absolute Gasteiger partial charge is 0.478 e. The molecule has 0 saturated heterocycles. The van der Waals surface area contributed by atoms with Crippen LogP contribution in [0.5, 0.6) is 0 Å². The first-order valence-electron chi connectivity index (χ1n) is 6.36. The predicted octanol–water partition coefficient (Wildman–Crippen LogP) is 2.12. The number of anilines is 1. The molecule has 0 aliphatic carbocycles. The standard InChI is InChI=1S/C15H11FN2O3/c16-11-3-4-12(17-8-11)14(19)18-6-5-9-1-2-10(15(20)21)7-13(9)18/h1-4,7-8H,5-6H2,(H,20,21). The van der Waals surface area contributed by atoms with E-state index in [1.54, 1.807) is 6.07 Å². The molecule has 1 aliphatic heterocycles. The van der Waals surface area contributed by atoms with Gasteiger partial charge in [0.15, 0.2) is 0 Å². The zero-order valence-electron chi connectivity index (χ0n) is 10.9. The summed E-state index contributed by atoms with van der Waals surface area (Å²) in [6.45, 7) is 0.455. The molecule has 0 fully saturated rings. The van der Waals surface area contributed by atoms with E-state index in [0.29, 0.717) is 18.7 Å². The van der Waals surface area contributed by atoms with Crippen LogP contribution < -0.4 is 4.90 Å². The van der Waals surface area contributed by atoms with Crippen LogP contribution in [0.15, 0.2) is 36.5 Å². The summed E-state index contributed by atoms with van der Waals surface area (Å²) >= 11 is 0. The summed E-state index contributed by atoms with van der Waals surface area (Å²) in [7, 11) is 0. The Balaban J connectivity index is 1.96. The molecule has 1 aliphatic rings. The zero-order chi connectivity index (χ0) is 15.0. The minimum absolute atomic E-state index is 0.125. The summed E-state index contributed by atoms with van der Waals surface area (Å²) in [5.74, 6) is -1.92. The van der Waals surface area contributed by atoms with E-state index in [-0.39, 0.29) is 17.2 Å². The van der Waals surface area contributed by atoms with Crippen molar-refractivity contribution in [2.24, 2.45) is 0 Å². The van der Waals surface area contributed by atoms with Crippen LogP contribution in [-0.2, 0) is 6.42 Å². The summed E-state index contributed by atoms with van der Waals surface area (Å²) in [5.41, 5.74) is 1.74. The van der Waals surface area contributed by atoms with Crippen molar-refractivity contribution in [3.63, 3.8) is 0 Å². The molecule has 0 bridgehead atoms. The van der Waals surface area contributed by atoms with E-state index in [2.05, 4.69) is 4.98 Å². The van der Waals surface area contributed by atoms with Crippen LogP contribution in [0.2, 0.25) is 0 Å². The van der Waals surface area contributed by atoms with E-state index >= 15 is 0 Å². The molecular weight excluding hydrogens is 275 g/mol. The van der Waals surface area contributed by atoms with Gasteiger partial charge < -0.3 is 10.0 Å². The molecule has 106 valence electrons. The number of hydrogen-bond acceptors (Lipinski definition) is 3. The fourth-order valence-electron chi connectivity index (χ4n) is 2.36. The highest BCUT2D eigenvalue weighted by molar-refractivity contribution is 6.06. The number of aromatic carboxylic acids is 1. The number of hydrogen-bond donors (Lipinski definition) is 1. The van der Waals surface area contributed by atoms with Crippen LogP contribution in [0.3, 0.4) is 0 Å². The molecule has 1 N–H and O–H groups in total. The number of carboxylic acid groups (broad SMARTS) is 1. The molecule has 2 heterocycles. The van der Waals surface area contributed by atoms with Crippen molar-refractivity contribution in [3.05, 3.63) is 59.2 Å². The van der Waals surface area contributed by atoms with Crippen LogP contribution in [0.1, 0.15) is 26.4 Å². The van der Waals surface area contributed by atoms with Gasteiger partial charge in [0.1, 0.15) is 11.5 Å². The second-order valence-electron chi connectivity index (χ2n) is 4.72. The Hall–Kier alpha value is -2.76. The van der Waals surface area contributed by atoms with Crippen molar-refractivity contribution >= 4 is 17.6 Å². The van der Waals surface area contributed by atoms with Gasteiger partial charge in [-0.15, -0.1) is 0 Å². The molecule has 0 unspecified atom stereocenters. The second-order valence-corrected chi connectivity index (χ2v) is 4.72. The number of rotatable bonds is 2. The van der Waals surface area contributed by atoms with E-state index in [0.717, 1.165) is 11.8 Å². The SMILES string of the molecule is O=C(O)c1ccc2c(c1)N(C(=O)c1ccc(F)cn1)CC2. The molecule has 0 radical (unpaired) electrons. The van der Waals surface area contributed by atoms with Crippen LogP contribution in [-0.4, -0.2) is 28.5 Å². The molecule has 6 heteroatoms. The highest BCUT2D eigenvalue weighted by Crippen LogP contribution is 2.30. The average molecular weight is 286 g/mol. The molecule has 1 aromatic heterocycles. The Kier molecular flexibility index (Phi) is 3.13. The minimum atomic E-state index is -1.04. The summed E-state index contributed by atoms with van der Waals surface area (Å²) in [5, 5.41) is 9.03. The van der Waals surface area contributed by atoms with Gasteiger partial charge in [0.2, 0.25) is 0 Å². The molecule has 2 aromatic rings. The van der Waals surface area contributed by atoms with Crippen LogP contribution in [0.25, 0.3) is 0 Å². The highest BCUT2D eigenvalue weighted by Gasteiger charge is 2.27. The van der Waals surface area contributed by atoms with Gasteiger partial charge >= 0.3 is 5.97 Å². The summed E-state index contributed by atoms with van der Waals surface area (Å²) in [4.78, 5) is 28.7. The number of benzene rings is 1. The van der Waals surface area contributed by atoms with Gasteiger partial charge in [0.25, 0.3) is 5.91 Å². The number of aromatic nitrogens is 1. The number of carbonyl (C=O) groups is 2. The second kappa shape index (κ2) is 4.97. The van der Waals surface area contributed by atoms with Crippen LogP contribution in [0.4, 0.5) is 10.1 Å². The topological polar surface area (TPSA) is 70.5 Å². The molecule has 0 atom stereocenters. The van der Waals surface area contributed by atoms with Gasteiger partial charge in [-0.3, -0.25) is 4.79 Å². The third-order valence-corrected chi connectivity index (χ3v) is 3.42. The van der Waals surface area contributed by atoms with Gasteiger partial charge in [-0.2, -0.15) is 0 Å². The normalized spacial score (nSPS) is 13.1. The molecule has 3 rings (SSSR count). The maximum atomic E-state index is 12.9. The number of carboxylic acids is 1. The van der Waals surface area contributed by atoms with Crippen molar-refractivity contribution in [3.8, 4) is 0 Å². The fourth-order valence-corrected chi connectivity index (χ4v) is 2.36. The molecule has 1 amide bonds. The molecule has 5 nitrogen and oxygen atoms in total. The maximum Gasteiger partial charge on any atom is 0.335 e. The van der Waals surface area contributed by atoms with Crippen LogP contribution >= 0.6 is 0 Å². The molecule has 1 aromatic carbocycles. The van der Waals surface area contributed by atoms with Gasteiger partial charge in [0.05, 0.1) is 11.8 Å². The Morgan fingerprint density at radius 3 is 2.71 bits per heavy atom. The van der Waals surface area contributed by atoms with E-state index in [4.69, 9.17) is 5.11 Å². The average Bonchev–Trinajstić information content (AvgIpc) is 2.90.